The fourth-order valence-corrected chi connectivity index (χ4v) is 9.41. The summed E-state index contributed by atoms with van der Waals surface area (Å²) < 4.78 is 23.0. The maximum absolute atomic E-state index is 13.0. The highest BCUT2D eigenvalue weighted by molar-refractivity contribution is 5.71. The summed E-state index contributed by atoms with van der Waals surface area (Å²) in [6.45, 7) is 4.64. The average molecular weight is 1240 g/mol. The number of carboxylic acids is 1. The van der Waals surface area contributed by atoms with Crippen molar-refractivity contribution in [2.45, 2.75) is 283 Å². The number of carboxylic acid groups (broad SMARTS) is 1. The summed E-state index contributed by atoms with van der Waals surface area (Å²) in [5.74, 6) is -2.02. The van der Waals surface area contributed by atoms with E-state index in [1.807, 2.05) is 21.1 Å². The Balaban J connectivity index is 4.15. The number of carbonyl (C=O) groups is 3. The number of hydrogen-bond donors (Lipinski definition) is 1. The van der Waals surface area contributed by atoms with E-state index in [0.29, 0.717) is 17.4 Å². The lowest BCUT2D eigenvalue weighted by atomic mass is 10.0. The Hall–Kier alpha value is -5.09. The summed E-state index contributed by atoms with van der Waals surface area (Å²) in [5, 5.41) is 9.75. The number of carbonyl (C=O) groups excluding carboxylic acids is 2. The Bertz CT molecular complexity index is 2020. The maximum atomic E-state index is 13.0. The third-order valence-electron chi connectivity index (χ3n) is 14.8. The molecule has 0 heterocycles. The number of esters is 2. The van der Waals surface area contributed by atoms with E-state index in [0.717, 1.165) is 135 Å². The summed E-state index contributed by atoms with van der Waals surface area (Å²) >= 11 is 0. The molecule has 0 amide bonds. The number of unbranched alkanes of at least 4 members (excludes halogenated alkanes) is 23. The van der Waals surface area contributed by atoms with Crippen molar-refractivity contribution < 1.29 is 42.9 Å². The second kappa shape index (κ2) is 68.8. The highest BCUT2D eigenvalue weighted by Crippen LogP contribution is 2.16. The fourth-order valence-electron chi connectivity index (χ4n) is 9.41. The lowest BCUT2D eigenvalue weighted by molar-refractivity contribution is -0.870. The van der Waals surface area contributed by atoms with Crippen molar-refractivity contribution in [1.29, 1.82) is 0 Å². The van der Waals surface area contributed by atoms with Crippen molar-refractivity contribution in [3.63, 3.8) is 0 Å². The molecule has 89 heavy (non-hydrogen) atoms. The van der Waals surface area contributed by atoms with Gasteiger partial charge in [0.1, 0.15) is 13.2 Å². The number of likely N-dealkylation sites (N-methyl/N-ethyl adjacent to an activating group) is 1. The highest BCUT2D eigenvalue weighted by Gasteiger charge is 2.25. The summed E-state index contributed by atoms with van der Waals surface area (Å²) in [4.78, 5) is 37.7. The molecular formula is C80H132NO8+. The van der Waals surface area contributed by atoms with Gasteiger partial charge in [-0.3, -0.25) is 9.59 Å². The summed E-state index contributed by atoms with van der Waals surface area (Å²) in [6, 6.07) is 0. The van der Waals surface area contributed by atoms with Crippen LogP contribution in [0.15, 0.2) is 158 Å². The molecule has 0 bridgehead atoms. The SMILES string of the molecule is CC/C=C\C/C=C\C/C=C\C/C=C\C/C=C\C/C=C\C/C=C\CCCCCCCCCCCCCCCCCC(=O)OC(COC(=O)CCCCCCCCCC/C=C\C/C=C\C/C=C\C/C=C\C/C=C\C/C=C\CC)COC(OCC[N+](C)(C)C)C(=O)O. The van der Waals surface area contributed by atoms with Crippen molar-refractivity contribution in [1.82, 2.24) is 0 Å². The van der Waals surface area contributed by atoms with Gasteiger partial charge in [0.2, 0.25) is 0 Å². The normalized spacial score (nSPS) is 13.7. The minimum Gasteiger partial charge on any atom is -0.477 e. The van der Waals surface area contributed by atoms with Crippen LogP contribution in [0.1, 0.15) is 271 Å². The second-order valence-electron chi connectivity index (χ2n) is 24.4. The predicted octanol–water partition coefficient (Wildman–Crippen LogP) is 22.5. The van der Waals surface area contributed by atoms with E-state index in [2.05, 4.69) is 172 Å². The molecule has 2 atom stereocenters. The smallest absolute Gasteiger partial charge is 0.361 e. The molecule has 0 rings (SSSR count). The minimum atomic E-state index is -1.52. The number of hydrogen-bond acceptors (Lipinski definition) is 7. The fraction of sp³-hybridized carbons (Fsp3) is 0.637. The Morgan fingerprint density at radius 3 is 0.899 bits per heavy atom. The van der Waals surface area contributed by atoms with Crippen LogP contribution in [-0.2, 0) is 33.3 Å². The Labute approximate surface area is 546 Å². The van der Waals surface area contributed by atoms with Gasteiger partial charge in [-0.25, -0.2) is 4.79 Å². The van der Waals surface area contributed by atoms with Crippen molar-refractivity contribution in [2.24, 2.45) is 0 Å². The molecule has 504 valence electrons. The number of rotatable bonds is 64. The Kier molecular flexibility index (Phi) is 64.9. The first-order valence-electron chi connectivity index (χ1n) is 35.6. The topological polar surface area (TPSA) is 108 Å². The van der Waals surface area contributed by atoms with Gasteiger partial charge in [0, 0.05) is 12.8 Å². The van der Waals surface area contributed by atoms with Crippen LogP contribution in [0.2, 0.25) is 0 Å². The van der Waals surface area contributed by atoms with E-state index in [9.17, 15) is 19.5 Å². The second-order valence-corrected chi connectivity index (χ2v) is 24.4. The number of ether oxygens (including phenoxy) is 4. The van der Waals surface area contributed by atoms with Crippen LogP contribution in [0.3, 0.4) is 0 Å². The zero-order chi connectivity index (χ0) is 64.7. The van der Waals surface area contributed by atoms with Crippen LogP contribution < -0.4 is 0 Å². The van der Waals surface area contributed by atoms with Gasteiger partial charge in [0.05, 0.1) is 34.4 Å². The van der Waals surface area contributed by atoms with Gasteiger partial charge in [-0.1, -0.05) is 294 Å². The van der Waals surface area contributed by atoms with Crippen LogP contribution in [0.25, 0.3) is 0 Å². The quantitative estimate of drug-likeness (QED) is 0.0211. The van der Waals surface area contributed by atoms with E-state index >= 15 is 0 Å². The molecule has 0 aromatic heterocycles. The van der Waals surface area contributed by atoms with Gasteiger partial charge in [0.15, 0.2) is 6.10 Å². The van der Waals surface area contributed by atoms with Crippen LogP contribution in [0.4, 0.5) is 0 Å². The first-order chi connectivity index (χ1) is 43.6. The number of nitrogens with zero attached hydrogens (tertiary/aromatic N) is 1. The third kappa shape index (κ3) is 70.2. The molecule has 0 radical (unpaired) electrons. The van der Waals surface area contributed by atoms with Crippen molar-refractivity contribution in [3.05, 3.63) is 158 Å². The molecule has 1 N–H and O–H groups in total. The van der Waals surface area contributed by atoms with Crippen LogP contribution in [-0.4, -0.2) is 87.4 Å². The molecule has 2 unspecified atom stereocenters. The molecule has 0 spiro atoms. The van der Waals surface area contributed by atoms with Gasteiger partial charge >= 0.3 is 17.9 Å². The first kappa shape index (κ1) is 83.9. The highest BCUT2D eigenvalue weighted by atomic mass is 16.7. The molecule has 0 aliphatic rings. The molecule has 9 heteroatoms. The molecule has 0 saturated carbocycles. The van der Waals surface area contributed by atoms with Crippen LogP contribution in [0.5, 0.6) is 0 Å². The Morgan fingerprint density at radius 2 is 0.607 bits per heavy atom. The standard InChI is InChI=1S/C80H131NO8/c1-6-8-10-12-14-16-18-20-22-24-26-28-30-32-34-35-36-37-38-39-40-41-42-43-45-47-49-51-53-55-57-59-61-63-65-67-69-71-78(83)89-76(75-88-80(79(84)85)86-73-72-81(3,4)5)74-87-77(82)70-68-66-64-62-60-58-56-54-52-50-48-46-44-33-31-29-27-25-23-21-19-17-15-13-11-9-7-2/h8-11,14-17,20-23,26-29,32-34,36-37,39-40,44,48,50,76,80H,6-7,12-13,18-19,24-25,30-31,35,38,41-43,45-47,49,51-75H2,1-5H3/p+1/b10-8-,11-9-,16-14-,17-15-,22-20-,23-21-,28-26-,29-27-,34-32-,37-36-,40-39-,44-33-,50-48-. The van der Waals surface area contributed by atoms with Gasteiger partial charge in [-0.2, -0.15) is 0 Å². The van der Waals surface area contributed by atoms with Gasteiger partial charge in [0.25, 0.3) is 6.29 Å². The predicted molar refractivity (Wildman–Crippen MR) is 382 cm³/mol. The van der Waals surface area contributed by atoms with E-state index in [1.54, 1.807) is 0 Å². The lowest BCUT2D eigenvalue weighted by Gasteiger charge is -2.25. The Morgan fingerprint density at radius 1 is 0.337 bits per heavy atom. The van der Waals surface area contributed by atoms with Gasteiger partial charge < -0.3 is 28.5 Å². The van der Waals surface area contributed by atoms with Crippen LogP contribution >= 0.6 is 0 Å². The van der Waals surface area contributed by atoms with Gasteiger partial charge in [-0.15, -0.1) is 0 Å². The van der Waals surface area contributed by atoms with E-state index in [1.165, 1.54) is 103 Å². The van der Waals surface area contributed by atoms with E-state index in [-0.39, 0.29) is 38.6 Å². The van der Waals surface area contributed by atoms with E-state index in [4.69, 9.17) is 18.9 Å². The number of quaternary nitrogens is 1. The number of aliphatic carboxylic acids is 1. The average Bonchev–Trinajstić information content (AvgIpc) is 3.70. The zero-order valence-electron chi connectivity index (χ0n) is 57.5. The van der Waals surface area contributed by atoms with Crippen molar-refractivity contribution >= 4 is 17.9 Å². The third-order valence-corrected chi connectivity index (χ3v) is 14.8. The largest absolute Gasteiger partial charge is 0.477 e. The number of allylic oxidation sites excluding steroid dienone is 26. The summed E-state index contributed by atoms with van der Waals surface area (Å²) in [5.41, 5.74) is 0. The maximum Gasteiger partial charge on any atom is 0.361 e. The minimum absolute atomic E-state index is 0.179. The molecular weight excluding hydrogens is 1100 g/mol. The van der Waals surface area contributed by atoms with Crippen molar-refractivity contribution in [3.8, 4) is 0 Å². The lowest BCUT2D eigenvalue weighted by Crippen LogP contribution is -2.40. The van der Waals surface area contributed by atoms with Crippen LogP contribution in [0, 0.1) is 0 Å². The van der Waals surface area contributed by atoms with Crippen molar-refractivity contribution in [2.75, 3.05) is 47.5 Å². The molecule has 0 aliphatic carbocycles. The first-order valence-corrected chi connectivity index (χ1v) is 35.6. The van der Waals surface area contributed by atoms with Gasteiger partial charge in [-0.05, 0) is 122 Å². The summed E-state index contributed by atoms with van der Waals surface area (Å²) in [6.07, 6.45) is 99.2. The molecule has 0 aliphatic heterocycles. The monoisotopic (exact) mass is 1230 g/mol. The molecule has 0 aromatic rings. The summed E-state index contributed by atoms with van der Waals surface area (Å²) in [7, 11) is 5.97. The van der Waals surface area contributed by atoms with E-state index < -0.39 is 24.3 Å². The molecule has 0 aromatic carbocycles. The molecule has 0 fully saturated rings. The molecule has 9 nitrogen and oxygen atoms in total. The zero-order valence-corrected chi connectivity index (χ0v) is 57.5. The molecule has 0 saturated heterocycles.